The van der Waals surface area contributed by atoms with Gasteiger partial charge in [0, 0.05) is 12.5 Å². The Bertz CT molecular complexity index is 590. The van der Waals surface area contributed by atoms with E-state index >= 15 is 0 Å². The number of hydrogen-bond donors (Lipinski definition) is 3. The molecule has 0 aliphatic carbocycles. The van der Waals surface area contributed by atoms with E-state index in [1.807, 2.05) is 0 Å². The van der Waals surface area contributed by atoms with Gasteiger partial charge in [0.05, 0.1) is 0 Å². The van der Waals surface area contributed by atoms with Gasteiger partial charge in [-0.3, -0.25) is 4.79 Å². The van der Waals surface area contributed by atoms with E-state index in [1.54, 1.807) is 0 Å². The van der Waals surface area contributed by atoms with E-state index in [2.05, 4.69) is 32.2 Å². The molecule has 0 amide bonds. The maximum absolute atomic E-state index is 10.3. The molecule has 0 aromatic rings. The van der Waals surface area contributed by atoms with Crippen LogP contribution in [0.4, 0.5) is 0 Å². The van der Waals surface area contributed by atoms with Gasteiger partial charge in [-0.2, -0.15) is 5.26 Å². The third kappa shape index (κ3) is 37.8. The van der Waals surface area contributed by atoms with Crippen LogP contribution in [0.5, 0.6) is 0 Å². The van der Waals surface area contributed by atoms with Gasteiger partial charge in [-0.25, -0.2) is 9.59 Å². The van der Waals surface area contributed by atoms with Crippen molar-refractivity contribution < 1.29 is 29.7 Å². The minimum absolute atomic E-state index is 0.332. The highest BCUT2D eigenvalue weighted by molar-refractivity contribution is 5.90. The highest BCUT2D eigenvalue weighted by Crippen LogP contribution is 2.09. The van der Waals surface area contributed by atoms with Gasteiger partial charge in [0.25, 0.3) is 0 Å². The van der Waals surface area contributed by atoms with Gasteiger partial charge in [-0.05, 0) is 32.1 Å². The normalized spacial score (nSPS) is 9.50. The number of carboxylic acids is 3. The van der Waals surface area contributed by atoms with E-state index < -0.39 is 23.5 Å². The lowest BCUT2D eigenvalue weighted by Gasteiger charge is -1.99. The summed E-state index contributed by atoms with van der Waals surface area (Å²) in [7, 11) is 0. The number of nitrogens with zero attached hydrogens (tertiary/aromatic N) is 1. The summed E-state index contributed by atoms with van der Waals surface area (Å²) in [4.78, 5) is 29.2. The molecule has 0 radical (unpaired) electrons. The number of hydrogen-bond acceptors (Lipinski definition) is 4. The van der Waals surface area contributed by atoms with Crippen LogP contribution in [0.25, 0.3) is 0 Å². The van der Waals surface area contributed by atoms with E-state index in [4.69, 9.17) is 20.6 Å². The van der Waals surface area contributed by atoms with E-state index in [9.17, 15) is 14.4 Å². The number of unbranched alkanes of at least 4 members (excludes halogenated alkanes) is 11. The predicted molar refractivity (Wildman–Crippen MR) is 127 cm³/mol. The van der Waals surface area contributed by atoms with Crippen LogP contribution in [0.3, 0.4) is 0 Å². The summed E-state index contributed by atoms with van der Waals surface area (Å²) in [5.41, 5.74) is -0.431. The zero-order valence-corrected chi connectivity index (χ0v) is 19.6. The minimum Gasteiger partial charge on any atom is -0.481 e. The lowest BCUT2D eigenvalue weighted by Crippen LogP contribution is -1.94. The van der Waals surface area contributed by atoms with Crippen molar-refractivity contribution >= 4 is 17.9 Å². The molecule has 32 heavy (non-hydrogen) atoms. The van der Waals surface area contributed by atoms with Gasteiger partial charge in [-0.1, -0.05) is 83.6 Å². The van der Waals surface area contributed by atoms with Crippen LogP contribution in [0.1, 0.15) is 96.8 Å². The van der Waals surface area contributed by atoms with Crippen LogP contribution in [0.15, 0.2) is 37.0 Å². The van der Waals surface area contributed by atoms with Crippen LogP contribution < -0.4 is 0 Å². The molecule has 7 nitrogen and oxygen atoms in total. The minimum atomic E-state index is -1.26. The molecule has 0 heterocycles. The predicted octanol–water partition coefficient (Wildman–Crippen LogP) is 6.52. The largest absolute Gasteiger partial charge is 0.481 e. The smallest absolute Gasteiger partial charge is 0.345 e. The summed E-state index contributed by atoms with van der Waals surface area (Å²) in [6.45, 7) is 8.13. The number of carboxylic acid groups (broad SMARTS) is 3. The fourth-order valence-corrected chi connectivity index (χ4v) is 2.39. The Balaban J connectivity index is -0.000000572. The first kappa shape index (κ1) is 33.8. The molecule has 0 atom stereocenters. The summed E-state index contributed by atoms with van der Waals surface area (Å²) >= 11 is 0. The quantitative estimate of drug-likeness (QED) is 0.0991. The number of aliphatic carboxylic acids is 3. The molecule has 0 aliphatic rings. The van der Waals surface area contributed by atoms with E-state index in [-0.39, 0.29) is 0 Å². The fraction of sp³-hybridized carbons (Fsp3) is 0.600. The molecule has 182 valence electrons. The molecule has 0 aromatic heterocycles. The Morgan fingerprint density at radius 3 is 1.53 bits per heavy atom. The summed E-state index contributed by atoms with van der Waals surface area (Å²) < 4.78 is 0. The molecule has 0 bridgehead atoms. The van der Waals surface area contributed by atoms with Gasteiger partial charge >= 0.3 is 17.9 Å². The van der Waals surface area contributed by atoms with Crippen molar-refractivity contribution in [3.05, 3.63) is 37.0 Å². The number of rotatable bonds is 17. The number of allylic oxidation sites excluding steroid dienone is 2. The summed E-state index contributed by atoms with van der Waals surface area (Å²) in [5.74, 6) is -2.91. The maximum atomic E-state index is 10.3. The Morgan fingerprint density at radius 1 is 0.812 bits per heavy atom. The third-order valence-corrected chi connectivity index (χ3v) is 4.22. The zero-order chi connectivity index (χ0) is 25.0. The van der Waals surface area contributed by atoms with Crippen molar-refractivity contribution in [2.24, 2.45) is 0 Å². The molecule has 7 heteroatoms. The van der Waals surface area contributed by atoms with E-state index in [0.29, 0.717) is 6.42 Å². The number of carbonyl (C=O) groups is 3. The van der Waals surface area contributed by atoms with Crippen LogP contribution >= 0.6 is 0 Å². The second-order valence-corrected chi connectivity index (χ2v) is 7.17. The van der Waals surface area contributed by atoms with Crippen molar-refractivity contribution in [1.29, 1.82) is 5.26 Å². The van der Waals surface area contributed by atoms with Crippen molar-refractivity contribution in [3.63, 3.8) is 0 Å². The second kappa shape index (κ2) is 28.1. The second-order valence-electron chi connectivity index (χ2n) is 7.17. The molecule has 0 aromatic carbocycles. The topological polar surface area (TPSA) is 136 Å². The lowest BCUT2D eigenvalue weighted by molar-refractivity contribution is -0.137. The molecule has 0 saturated heterocycles. The Morgan fingerprint density at radius 2 is 1.22 bits per heavy atom. The van der Waals surface area contributed by atoms with Gasteiger partial charge in [0.2, 0.25) is 0 Å². The SMILES string of the molecule is C=C(C#N)C(=O)O.C=CC(=O)O.CCCCCCCCC=CCCCCCCCC(=O)O. The first-order chi connectivity index (χ1) is 15.2. The van der Waals surface area contributed by atoms with Crippen LogP contribution in [-0.4, -0.2) is 33.2 Å². The standard InChI is InChI=1S/C18H34O2.C4H3NO2.C3H4O2/c1-2-3-4-5-6-7-8-9-10-11-12-13-14-15-16-17-18(19)20;1-3(2-5)4(6)7;1-2-3(4)5/h9-10H,2-8,11-17H2,1H3,(H,19,20);1H2,(H,6,7);2H,1H2,(H,4,5). The Labute approximate surface area is 193 Å². The average Bonchev–Trinajstić information content (AvgIpc) is 2.76. The van der Waals surface area contributed by atoms with Crippen molar-refractivity contribution in [1.82, 2.24) is 0 Å². The zero-order valence-electron chi connectivity index (χ0n) is 19.6. The summed E-state index contributed by atoms with van der Waals surface area (Å²) in [5, 5.41) is 31.7. The van der Waals surface area contributed by atoms with Crippen LogP contribution in [0.2, 0.25) is 0 Å². The highest BCUT2D eigenvalue weighted by atomic mass is 16.4. The first-order valence-corrected chi connectivity index (χ1v) is 11.3. The summed E-state index contributed by atoms with van der Waals surface area (Å²) in [6.07, 6.45) is 22.1. The monoisotopic (exact) mass is 451 g/mol. The maximum Gasteiger partial charge on any atom is 0.345 e. The van der Waals surface area contributed by atoms with E-state index in [0.717, 1.165) is 18.9 Å². The highest BCUT2D eigenvalue weighted by Gasteiger charge is 1.98. The molecule has 0 rings (SSSR count). The molecule has 0 spiro atoms. The number of nitriles is 1. The van der Waals surface area contributed by atoms with Gasteiger partial charge in [-0.15, -0.1) is 0 Å². The fourth-order valence-electron chi connectivity index (χ4n) is 2.39. The Kier molecular flexibility index (Phi) is 29.7. The van der Waals surface area contributed by atoms with Crippen LogP contribution in [-0.2, 0) is 14.4 Å². The van der Waals surface area contributed by atoms with Crippen molar-refractivity contribution in [3.8, 4) is 6.07 Å². The molecule has 0 fully saturated rings. The Hall–Kier alpha value is -2.88. The van der Waals surface area contributed by atoms with Crippen molar-refractivity contribution in [2.45, 2.75) is 96.8 Å². The molecular weight excluding hydrogens is 410 g/mol. The third-order valence-electron chi connectivity index (χ3n) is 4.22. The van der Waals surface area contributed by atoms with Gasteiger partial charge in [0.15, 0.2) is 0 Å². The summed E-state index contributed by atoms with van der Waals surface area (Å²) in [6, 6.07) is 1.37. The molecule has 3 N–H and O–H groups in total. The molecular formula is C25H41NO6. The lowest BCUT2D eigenvalue weighted by atomic mass is 10.1. The van der Waals surface area contributed by atoms with E-state index in [1.165, 1.54) is 76.7 Å². The molecule has 0 unspecified atom stereocenters. The molecule has 0 saturated carbocycles. The van der Waals surface area contributed by atoms with Gasteiger partial charge in [0.1, 0.15) is 11.6 Å². The van der Waals surface area contributed by atoms with Crippen molar-refractivity contribution in [2.75, 3.05) is 0 Å². The average molecular weight is 452 g/mol. The van der Waals surface area contributed by atoms with Crippen LogP contribution in [0, 0.1) is 11.3 Å². The first-order valence-electron chi connectivity index (χ1n) is 11.3. The van der Waals surface area contributed by atoms with Gasteiger partial charge < -0.3 is 15.3 Å². The molecule has 0 aliphatic heterocycles.